The van der Waals surface area contributed by atoms with Crippen LogP contribution in [0, 0.1) is 5.92 Å². The van der Waals surface area contributed by atoms with E-state index in [4.69, 9.17) is 0 Å². The molecule has 0 bridgehead atoms. The maximum Gasteiger partial charge on any atom is 0.127 e. The Morgan fingerprint density at radius 3 is 2.40 bits per heavy atom. The third kappa shape index (κ3) is 4.50. The van der Waals surface area contributed by atoms with Gasteiger partial charge in [-0.3, -0.25) is 0 Å². The molecule has 2 heteroatoms. The van der Waals surface area contributed by atoms with E-state index in [2.05, 4.69) is 4.90 Å². The van der Waals surface area contributed by atoms with Gasteiger partial charge in [0, 0.05) is 5.92 Å². The molecule has 0 heterocycles. The molecule has 59 valence electrons. The van der Waals surface area contributed by atoms with Gasteiger partial charge in [0.05, 0.1) is 0 Å². The Balaban J connectivity index is 3.34. The van der Waals surface area contributed by atoms with Crippen molar-refractivity contribution in [1.29, 1.82) is 0 Å². The summed E-state index contributed by atoms with van der Waals surface area (Å²) in [6, 6.07) is 0. The lowest BCUT2D eigenvalue weighted by Gasteiger charge is -2.11. The quantitative estimate of drug-likeness (QED) is 0.536. The Morgan fingerprint density at radius 1 is 1.50 bits per heavy atom. The molecule has 0 aliphatic carbocycles. The van der Waals surface area contributed by atoms with Crippen molar-refractivity contribution in [3.05, 3.63) is 5.92 Å². The van der Waals surface area contributed by atoms with Crippen LogP contribution in [0.5, 0.6) is 0 Å². The van der Waals surface area contributed by atoms with Crippen LogP contribution in [0.3, 0.4) is 0 Å². The molecule has 0 aromatic rings. The Hall–Kier alpha value is -0.370. The van der Waals surface area contributed by atoms with Crippen LogP contribution in [0.25, 0.3) is 0 Å². The second-order valence-electron chi connectivity index (χ2n) is 2.68. The second-order valence-corrected chi connectivity index (χ2v) is 2.68. The summed E-state index contributed by atoms with van der Waals surface area (Å²) in [6.07, 6.45) is 2.77. The van der Waals surface area contributed by atoms with E-state index < -0.39 is 0 Å². The van der Waals surface area contributed by atoms with Crippen LogP contribution in [-0.2, 0) is 4.79 Å². The maximum atomic E-state index is 10.3. The van der Waals surface area contributed by atoms with Gasteiger partial charge < -0.3 is 9.69 Å². The van der Waals surface area contributed by atoms with E-state index in [0.717, 1.165) is 31.6 Å². The first kappa shape index (κ1) is 9.63. The van der Waals surface area contributed by atoms with Crippen molar-refractivity contribution in [2.45, 2.75) is 19.8 Å². The van der Waals surface area contributed by atoms with E-state index in [1.54, 1.807) is 0 Å². The van der Waals surface area contributed by atoms with Crippen LogP contribution >= 0.6 is 0 Å². The van der Waals surface area contributed by atoms with Gasteiger partial charge in [-0.15, -0.1) is 0 Å². The minimum Gasteiger partial charge on any atom is -0.309 e. The van der Waals surface area contributed by atoms with Crippen molar-refractivity contribution >= 4 is 6.29 Å². The fraction of sp³-hybridized carbons (Fsp3) is 0.750. The summed E-state index contributed by atoms with van der Waals surface area (Å²) in [5.74, 6) is 1.01. The van der Waals surface area contributed by atoms with Gasteiger partial charge in [0.2, 0.25) is 0 Å². The van der Waals surface area contributed by atoms with E-state index in [0.29, 0.717) is 0 Å². The molecule has 0 aliphatic heterocycles. The van der Waals surface area contributed by atoms with Gasteiger partial charge in [-0.2, -0.15) is 0 Å². The summed E-state index contributed by atoms with van der Waals surface area (Å²) < 4.78 is 0. The zero-order valence-corrected chi connectivity index (χ0v) is 7.05. The monoisotopic (exact) mass is 142 g/mol. The molecule has 0 atom stereocenters. The molecular formula is C8H16NO. The number of carbonyl (C=O) groups is 1. The molecule has 10 heavy (non-hydrogen) atoms. The Bertz CT molecular complexity index is 91.3. The lowest BCUT2D eigenvalue weighted by atomic mass is 10.0. The number of carbonyl (C=O) groups excluding carboxylic acids is 1. The van der Waals surface area contributed by atoms with E-state index in [1.165, 1.54) is 0 Å². The van der Waals surface area contributed by atoms with Crippen molar-refractivity contribution in [3.63, 3.8) is 0 Å². The molecule has 0 saturated heterocycles. The third-order valence-corrected chi connectivity index (χ3v) is 1.50. The van der Waals surface area contributed by atoms with Crippen molar-refractivity contribution < 1.29 is 4.79 Å². The summed E-state index contributed by atoms with van der Waals surface area (Å²) in [5, 5.41) is 0. The highest BCUT2D eigenvalue weighted by Gasteiger charge is 2.04. The highest BCUT2D eigenvalue weighted by Crippen LogP contribution is 2.06. The molecule has 0 aromatic heterocycles. The van der Waals surface area contributed by atoms with Crippen LogP contribution in [0.1, 0.15) is 19.8 Å². The number of nitrogens with zero attached hydrogens (tertiary/aromatic N) is 1. The predicted octanol–water partition coefficient (Wildman–Crippen LogP) is 1.12. The summed E-state index contributed by atoms with van der Waals surface area (Å²) in [7, 11) is 4.02. The van der Waals surface area contributed by atoms with E-state index in [9.17, 15) is 4.79 Å². The van der Waals surface area contributed by atoms with Gasteiger partial charge >= 0.3 is 0 Å². The highest BCUT2D eigenvalue weighted by atomic mass is 16.1. The van der Waals surface area contributed by atoms with Gasteiger partial charge in [-0.1, -0.05) is 6.92 Å². The summed E-state index contributed by atoms with van der Waals surface area (Å²) in [6.45, 7) is 2.99. The van der Waals surface area contributed by atoms with Crippen molar-refractivity contribution in [3.8, 4) is 0 Å². The standard InChI is InChI=1S/C8H16NO/c1-4-8(7-10)5-6-9(2)3/h7H,4-6H2,1-3H3. The first-order valence-electron chi connectivity index (χ1n) is 3.65. The van der Waals surface area contributed by atoms with Gasteiger partial charge in [0.25, 0.3) is 0 Å². The maximum absolute atomic E-state index is 10.3. The molecule has 0 aromatic carbocycles. The van der Waals surface area contributed by atoms with Gasteiger partial charge in [-0.05, 0) is 33.5 Å². The lowest BCUT2D eigenvalue weighted by Crippen LogP contribution is -2.16. The topological polar surface area (TPSA) is 20.3 Å². The average Bonchev–Trinajstić information content (AvgIpc) is 1.90. The normalized spacial score (nSPS) is 10.9. The van der Waals surface area contributed by atoms with E-state index in [-0.39, 0.29) is 0 Å². The Kier molecular flexibility index (Phi) is 5.22. The SMILES string of the molecule is CC[C](C=O)CCN(C)C. The zero-order chi connectivity index (χ0) is 7.98. The summed E-state index contributed by atoms with van der Waals surface area (Å²) >= 11 is 0. The fourth-order valence-electron chi connectivity index (χ4n) is 0.686. The van der Waals surface area contributed by atoms with Gasteiger partial charge in [0.15, 0.2) is 0 Å². The average molecular weight is 142 g/mol. The third-order valence-electron chi connectivity index (χ3n) is 1.50. The van der Waals surface area contributed by atoms with Crippen LogP contribution in [0.15, 0.2) is 0 Å². The number of rotatable bonds is 5. The Labute approximate surface area is 63.2 Å². The van der Waals surface area contributed by atoms with Crippen LogP contribution in [0.2, 0.25) is 0 Å². The molecule has 1 radical (unpaired) electrons. The smallest absolute Gasteiger partial charge is 0.127 e. The highest BCUT2D eigenvalue weighted by molar-refractivity contribution is 5.68. The summed E-state index contributed by atoms with van der Waals surface area (Å²) in [5.41, 5.74) is 0. The van der Waals surface area contributed by atoms with Crippen molar-refractivity contribution in [2.24, 2.45) is 0 Å². The minimum atomic E-state index is 0.886. The van der Waals surface area contributed by atoms with E-state index >= 15 is 0 Å². The van der Waals surface area contributed by atoms with E-state index in [1.807, 2.05) is 21.0 Å². The molecule has 0 amide bonds. The first-order valence-corrected chi connectivity index (χ1v) is 3.65. The predicted molar refractivity (Wildman–Crippen MR) is 42.8 cm³/mol. The molecular weight excluding hydrogens is 126 g/mol. The number of aldehydes is 1. The fourth-order valence-corrected chi connectivity index (χ4v) is 0.686. The van der Waals surface area contributed by atoms with Crippen LogP contribution < -0.4 is 0 Å². The lowest BCUT2D eigenvalue weighted by molar-refractivity contribution is -0.106. The largest absolute Gasteiger partial charge is 0.309 e. The summed E-state index contributed by atoms with van der Waals surface area (Å²) in [4.78, 5) is 12.4. The zero-order valence-electron chi connectivity index (χ0n) is 7.05. The number of hydrogen-bond acceptors (Lipinski definition) is 2. The molecule has 0 N–H and O–H groups in total. The molecule has 0 aliphatic rings. The molecule has 0 saturated carbocycles. The Morgan fingerprint density at radius 2 is 2.10 bits per heavy atom. The molecule has 2 nitrogen and oxygen atoms in total. The minimum absolute atomic E-state index is 0.886. The van der Waals surface area contributed by atoms with Crippen molar-refractivity contribution in [1.82, 2.24) is 4.90 Å². The van der Waals surface area contributed by atoms with Crippen LogP contribution in [0.4, 0.5) is 0 Å². The second kappa shape index (κ2) is 5.42. The van der Waals surface area contributed by atoms with Crippen molar-refractivity contribution in [2.75, 3.05) is 20.6 Å². The number of hydrogen-bond donors (Lipinski definition) is 0. The molecule has 0 rings (SSSR count). The molecule has 0 fully saturated rings. The van der Waals surface area contributed by atoms with Gasteiger partial charge in [0.1, 0.15) is 6.29 Å². The first-order chi connectivity index (χ1) is 4.70. The van der Waals surface area contributed by atoms with Gasteiger partial charge in [-0.25, -0.2) is 0 Å². The molecule has 0 unspecified atom stereocenters. The molecule has 0 spiro atoms. The van der Waals surface area contributed by atoms with Crippen LogP contribution in [-0.4, -0.2) is 31.8 Å².